The number of ether oxygens (including phenoxy) is 1. The number of amides is 1. The van der Waals surface area contributed by atoms with E-state index < -0.39 is 5.60 Å². The lowest BCUT2D eigenvalue weighted by molar-refractivity contribution is 0.0169. The monoisotopic (exact) mass is 334 g/mol. The number of piperidine rings is 1. The average Bonchev–Trinajstić information content (AvgIpc) is 2.84. The molecule has 0 radical (unpaired) electrons. The van der Waals surface area contributed by atoms with Gasteiger partial charge < -0.3 is 9.64 Å². The minimum atomic E-state index is -0.531. The quantitative estimate of drug-likeness (QED) is 0.801. The molecular weight excluding hydrogens is 311 g/mol. The van der Waals surface area contributed by atoms with Crippen LogP contribution in [0.2, 0.25) is 0 Å². The van der Waals surface area contributed by atoms with Crippen LogP contribution >= 0.6 is 0 Å². The van der Waals surface area contributed by atoms with Gasteiger partial charge in [-0.15, -0.1) is 0 Å². The Balaban J connectivity index is 1.87. The topological polar surface area (TPSA) is 60.2 Å². The van der Waals surface area contributed by atoms with Crippen LogP contribution in [0, 0.1) is 12.7 Å². The second-order valence-electron chi connectivity index (χ2n) is 7.27. The first kappa shape index (κ1) is 16.7. The van der Waals surface area contributed by atoms with E-state index in [0.29, 0.717) is 24.0 Å². The molecule has 0 saturated carbocycles. The second kappa shape index (κ2) is 6.03. The van der Waals surface area contributed by atoms with Gasteiger partial charge in [-0.25, -0.2) is 9.18 Å². The summed E-state index contributed by atoms with van der Waals surface area (Å²) in [6.45, 7) is 8.49. The first-order chi connectivity index (χ1) is 11.3. The van der Waals surface area contributed by atoms with Crippen molar-refractivity contribution in [2.24, 2.45) is 0 Å². The van der Waals surface area contributed by atoms with Gasteiger partial charge in [-0.2, -0.15) is 5.10 Å². The molecule has 1 atom stereocenters. The highest BCUT2D eigenvalue weighted by molar-refractivity contribution is 5.81. The summed E-state index contributed by atoms with van der Waals surface area (Å²) < 4.78 is 21.4. The molecule has 0 aliphatic carbocycles. The highest BCUT2D eigenvalue weighted by atomic mass is 19.1. The van der Waals surface area contributed by atoms with Crippen LogP contribution in [0.3, 0.4) is 0 Å². The number of halogens is 1. The van der Waals surface area contributed by atoms with E-state index in [9.17, 15) is 9.18 Å². The van der Waals surface area contributed by atoms with Crippen molar-refractivity contribution in [1.29, 1.82) is 0 Å². The van der Waals surface area contributed by atoms with E-state index in [1.807, 2.05) is 27.7 Å². The molecule has 1 fully saturated rings. The minimum absolute atomic E-state index is 0.0700. The molecule has 0 spiro atoms. The molecule has 1 amide bonds. The van der Waals surface area contributed by atoms with Crippen LogP contribution < -0.4 is 0 Å². The van der Waals surface area contributed by atoms with E-state index in [-0.39, 0.29) is 18.0 Å². The first-order valence-electron chi connectivity index (χ1n) is 8.22. The van der Waals surface area contributed by atoms with Gasteiger partial charge in [-0.05, 0) is 40.5 Å². The predicted octanol–water partition coefficient (Wildman–Crippen LogP) is 3.45. The molecule has 7 heteroatoms. The summed E-state index contributed by atoms with van der Waals surface area (Å²) in [6, 6.07) is -0.0700. The maximum absolute atomic E-state index is 14.3. The molecule has 0 N–H and O–H groups in total. The smallest absolute Gasteiger partial charge is 0.410 e. The fourth-order valence-corrected chi connectivity index (χ4v) is 3.10. The van der Waals surface area contributed by atoms with Gasteiger partial charge in [-0.1, -0.05) is 0 Å². The Morgan fingerprint density at radius 3 is 2.83 bits per heavy atom. The molecule has 1 unspecified atom stereocenters. The van der Waals surface area contributed by atoms with Gasteiger partial charge in [-0.3, -0.25) is 9.67 Å². The number of hydrogen-bond donors (Lipinski definition) is 0. The molecule has 130 valence electrons. The van der Waals surface area contributed by atoms with Gasteiger partial charge in [0.05, 0.1) is 17.9 Å². The Kier molecular flexibility index (Phi) is 4.19. The van der Waals surface area contributed by atoms with E-state index in [1.54, 1.807) is 15.8 Å². The van der Waals surface area contributed by atoms with Crippen molar-refractivity contribution in [2.45, 2.75) is 52.2 Å². The van der Waals surface area contributed by atoms with Crippen LogP contribution in [0.15, 0.2) is 12.4 Å². The highest BCUT2D eigenvalue weighted by Gasteiger charge is 2.30. The second-order valence-corrected chi connectivity index (χ2v) is 7.27. The zero-order valence-electron chi connectivity index (χ0n) is 14.5. The summed E-state index contributed by atoms with van der Waals surface area (Å²) in [5, 5.41) is 5.21. The SMILES string of the molecule is Cc1nn(C2CCCN(C(=O)OC(C)(C)C)C2)c2c(F)cncc12. The minimum Gasteiger partial charge on any atom is -0.444 e. The van der Waals surface area contributed by atoms with Crippen molar-refractivity contribution in [1.82, 2.24) is 19.7 Å². The summed E-state index contributed by atoms with van der Waals surface area (Å²) in [7, 11) is 0. The lowest BCUT2D eigenvalue weighted by atomic mass is 10.1. The normalized spacial score (nSPS) is 18.9. The molecule has 1 saturated heterocycles. The molecule has 0 aromatic carbocycles. The number of likely N-dealkylation sites (tertiary alicyclic amines) is 1. The molecular formula is C17H23FN4O2. The first-order valence-corrected chi connectivity index (χ1v) is 8.22. The summed E-state index contributed by atoms with van der Waals surface area (Å²) >= 11 is 0. The van der Waals surface area contributed by atoms with Crippen molar-refractivity contribution in [3.05, 3.63) is 23.9 Å². The largest absolute Gasteiger partial charge is 0.444 e. The number of carbonyl (C=O) groups is 1. The average molecular weight is 334 g/mol. The zero-order chi connectivity index (χ0) is 17.5. The molecule has 1 aliphatic heterocycles. The highest BCUT2D eigenvalue weighted by Crippen LogP contribution is 2.28. The van der Waals surface area contributed by atoms with Crippen molar-refractivity contribution < 1.29 is 13.9 Å². The maximum atomic E-state index is 14.3. The van der Waals surface area contributed by atoms with Gasteiger partial charge in [0, 0.05) is 24.7 Å². The maximum Gasteiger partial charge on any atom is 0.410 e. The number of aromatic nitrogens is 3. The number of hydrogen-bond acceptors (Lipinski definition) is 4. The number of aryl methyl sites for hydroxylation is 1. The van der Waals surface area contributed by atoms with Crippen molar-refractivity contribution in [3.8, 4) is 0 Å². The summed E-state index contributed by atoms with van der Waals surface area (Å²) in [5.74, 6) is -0.387. The van der Waals surface area contributed by atoms with Crippen LogP contribution in [-0.2, 0) is 4.74 Å². The fraction of sp³-hybridized carbons (Fsp3) is 0.588. The Morgan fingerprint density at radius 1 is 1.38 bits per heavy atom. The number of pyridine rings is 1. The van der Waals surface area contributed by atoms with Gasteiger partial charge >= 0.3 is 6.09 Å². The predicted molar refractivity (Wildman–Crippen MR) is 88.3 cm³/mol. The molecule has 0 bridgehead atoms. The van der Waals surface area contributed by atoms with Crippen LogP contribution in [-0.4, -0.2) is 44.4 Å². The third-order valence-electron chi connectivity index (χ3n) is 4.14. The van der Waals surface area contributed by atoms with Gasteiger partial charge in [0.25, 0.3) is 0 Å². The molecule has 2 aromatic rings. The van der Waals surface area contributed by atoms with Gasteiger partial charge in [0.2, 0.25) is 0 Å². The van der Waals surface area contributed by atoms with Crippen LogP contribution in [0.1, 0.15) is 45.3 Å². The fourth-order valence-electron chi connectivity index (χ4n) is 3.10. The lowest BCUT2D eigenvalue weighted by Gasteiger charge is -2.34. The Labute approximate surface area is 140 Å². The number of nitrogens with zero attached hydrogens (tertiary/aromatic N) is 4. The molecule has 24 heavy (non-hydrogen) atoms. The molecule has 1 aliphatic rings. The number of carbonyl (C=O) groups excluding carboxylic acids is 1. The summed E-state index contributed by atoms with van der Waals surface area (Å²) in [5.41, 5.74) is 0.668. The van der Waals surface area contributed by atoms with E-state index in [1.165, 1.54) is 6.20 Å². The summed E-state index contributed by atoms with van der Waals surface area (Å²) in [4.78, 5) is 17.9. The molecule has 6 nitrogen and oxygen atoms in total. The van der Waals surface area contributed by atoms with E-state index in [2.05, 4.69) is 10.1 Å². The van der Waals surface area contributed by atoms with Crippen molar-refractivity contribution in [3.63, 3.8) is 0 Å². The van der Waals surface area contributed by atoms with E-state index >= 15 is 0 Å². The Morgan fingerprint density at radius 2 is 2.12 bits per heavy atom. The lowest BCUT2D eigenvalue weighted by Crippen LogP contribution is -2.43. The van der Waals surface area contributed by atoms with Crippen LogP contribution in [0.4, 0.5) is 9.18 Å². The standard InChI is InChI=1S/C17H23FN4O2/c1-11-13-8-19-9-14(18)15(13)22(20-11)12-6-5-7-21(10-12)16(23)24-17(2,3)4/h8-9,12H,5-7,10H2,1-4H3. The molecule has 3 heterocycles. The number of fused-ring (bicyclic) bond motifs is 1. The van der Waals surface area contributed by atoms with Crippen molar-refractivity contribution >= 4 is 17.0 Å². The van der Waals surface area contributed by atoms with E-state index in [4.69, 9.17) is 4.74 Å². The molecule has 2 aromatic heterocycles. The van der Waals surface area contributed by atoms with Crippen molar-refractivity contribution in [2.75, 3.05) is 13.1 Å². The van der Waals surface area contributed by atoms with Gasteiger partial charge in [0.1, 0.15) is 11.1 Å². The Hall–Kier alpha value is -2.18. The molecule has 3 rings (SSSR count). The third-order valence-corrected chi connectivity index (χ3v) is 4.14. The number of rotatable bonds is 1. The van der Waals surface area contributed by atoms with Gasteiger partial charge in [0.15, 0.2) is 5.82 Å². The van der Waals surface area contributed by atoms with Crippen LogP contribution in [0.25, 0.3) is 10.9 Å². The Bertz CT molecular complexity index is 766. The van der Waals surface area contributed by atoms with Crippen LogP contribution in [0.5, 0.6) is 0 Å². The zero-order valence-corrected chi connectivity index (χ0v) is 14.5. The van der Waals surface area contributed by atoms with E-state index in [0.717, 1.165) is 18.5 Å². The third kappa shape index (κ3) is 3.20. The summed E-state index contributed by atoms with van der Waals surface area (Å²) in [6.07, 6.45) is 4.18.